The van der Waals surface area contributed by atoms with Crippen LogP contribution in [0, 0.1) is 5.41 Å². The second-order valence-electron chi connectivity index (χ2n) is 8.13. The molecule has 2 unspecified atom stereocenters. The van der Waals surface area contributed by atoms with Gasteiger partial charge in [-0.25, -0.2) is 18.5 Å². The van der Waals surface area contributed by atoms with E-state index in [9.17, 15) is 4.21 Å². The first-order valence-corrected chi connectivity index (χ1v) is 10.2. The molecule has 4 rings (SSSR count). The van der Waals surface area contributed by atoms with Crippen molar-refractivity contribution in [1.82, 2.24) is 19.3 Å². The quantitative estimate of drug-likeness (QED) is 0.840. The molecule has 7 nitrogen and oxygen atoms in total. The van der Waals surface area contributed by atoms with Gasteiger partial charge < -0.3 is 10.5 Å². The highest BCUT2D eigenvalue weighted by molar-refractivity contribution is 7.84. The molecule has 2 N–H and O–H groups in total. The van der Waals surface area contributed by atoms with E-state index in [2.05, 4.69) is 15.0 Å². The zero-order valence-corrected chi connectivity index (χ0v) is 17.0. The van der Waals surface area contributed by atoms with Crippen molar-refractivity contribution in [3.05, 3.63) is 35.1 Å². The second kappa shape index (κ2) is 6.48. The maximum atomic E-state index is 13.1. The topological polar surface area (TPSA) is 94.2 Å². The molecule has 27 heavy (non-hydrogen) atoms. The van der Waals surface area contributed by atoms with Crippen LogP contribution in [0.4, 0.5) is 5.95 Å². The number of hydrogen-bond acceptors (Lipinski definition) is 6. The van der Waals surface area contributed by atoms with Gasteiger partial charge in [0.15, 0.2) is 5.82 Å². The summed E-state index contributed by atoms with van der Waals surface area (Å²) in [5.41, 5.74) is 7.43. The van der Waals surface area contributed by atoms with E-state index in [0.29, 0.717) is 24.1 Å². The minimum absolute atomic E-state index is 0.0129. The molecule has 0 aliphatic carbocycles. The summed E-state index contributed by atoms with van der Waals surface area (Å²) in [4.78, 5) is 12.2. The lowest BCUT2D eigenvalue weighted by atomic mass is 9.69. The minimum Gasteiger partial charge on any atom is -0.380 e. The number of hydrogen-bond donors (Lipinski definition) is 1. The molecule has 0 amide bonds. The highest BCUT2D eigenvalue weighted by Gasteiger charge is 2.60. The maximum absolute atomic E-state index is 13.1. The summed E-state index contributed by atoms with van der Waals surface area (Å²) in [5.74, 6) is 0.623. The van der Waals surface area contributed by atoms with E-state index < -0.39 is 11.0 Å². The minimum atomic E-state index is -1.13. The number of nitrogen functional groups attached to an aromatic ring is 1. The molecule has 144 valence electrons. The SMILES string of the molecule is CC(C)(C)S(=O)N1CC2(COC2)C1c1cc(Cl)cc(-c2ncnc(N)n2)c1. The van der Waals surface area contributed by atoms with Crippen molar-refractivity contribution in [2.24, 2.45) is 5.41 Å². The van der Waals surface area contributed by atoms with Gasteiger partial charge in [0.05, 0.1) is 29.4 Å². The fraction of sp³-hybridized carbons (Fsp3) is 0.500. The van der Waals surface area contributed by atoms with Crippen molar-refractivity contribution in [3.8, 4) is 11.4 Å². The number of nitrogens with zero attached hydrogens (tertiary/aromatic N) is 4. The van der Waals surface area contributed by atoms with Gasteiger partial charge in [-0.15, -0.1) is 0 Å². The van der Waals surface area contributed by atoms with E-state index in [0.717, 1.165) is 17.7 Å². The molecular formula is C18H22ClN5O2S. The first kappa shape index (κ1) is 18.7. The van der Waals surface area contributed by atoms with Crippen molar-refractivity contribution in [2.75, 3.05) is 25.5 Å². The monoisotopic (exact) mass is 407 g/mol. The third-order valence-corrected chi connectivity index (χ3v) is 6.97. The number of anilines is 1. The first-order valence-electron chi connectivity index (χ1n) is 8.71. The van der Waals surface area contributed by atoms with Crippen LogP contribution in [-0.2, 0) is 15.7 Å². The van der Waals surface area contributed by atoms with Crippen molar-refractivity contribution < 1.29 is 8.95 Å². The summed E-state index contributed by atoms with van der Waals surface area (Å²) in [6, 6.07) is 5.69. The van der Waals surface area contributed by atoms with Crippen molar-refractivity contribution >= 4 is 28.5 Å². The average molecular weight is 408 g/mol. The fourth-order valence-corrected chi connectivity index (χ4v) is 5.53. The number of nitrogens with two attached hydrogens (primary N) is 1. The van der Waals surface area contributed by atoms with Crippen LogP contribution < -0.4 is 5.73 Å². The van der Waals surface area contributed by atoms with E-state index in [4.69, 9.17) is 22.1 Å². The van der Waals surface area contributed by atoms with Crippen molar-refractivity contribution in [1.29, 1.82) is 0 Å². The van der Waals surface area contributed by atoms with E-state index in [-0.39, 0.29) is 22.2 Å². The molecule has 2 aliphatic heterocycles. The Balaban J connectivity index is 1.75. The van der Waals surface area contributed by atoms with Crippen LogP contribution in [0.15, 0.2) is 24.5 Å². The molecule has 1 spiro atoms. The van der Waals surface area contributed by atoms with Crippen LogP contribution in [0.3, 0.4) is 0 Å². The van der Waals surface area contributed by atoms with E-state index in [1.54, 1.807) is 6.07 Å². The van der Waals surface area contributed by atoms with Crippen LogP contribution in [-0.4, -0.2) is 48.0 Å². The third-order valence-electron chi connectivity index (χ3n) is 4.94. The summed E-state index contributed by atoms with van der Waals surface area (Å²) in [7, 11) is -1.13. The summed E-state index contributed by atoms with van der Waals surface area (Å²) in [5, 5.41) is 0.574. The molecule has 2 aliphatic rings. The lowest BCUT2D eigenvalue weighted by molar-refractivity contribution is -0.204. The predicted octanol–water partition coefficient (Wildman–Crippen LogP) is 2.61. The largest absolute Gasteiger partial charge is 0.380 e. The Hall–Kier alpha value is -1.61. The summed E-state index contributed by atoms with van der Waals surface area (Å²) in [6.45, 7) is 8.03. The van der Waals surface area contributed by atoms with E-state index in [1.165, 1.54) is 6.33 Å². The van der Waals surface area contributed by atoms with Gasteiger partial charge in [0.1, 0.15) is 17.3 Å². The molecule has 3 heterocycles. The fourth-order valence-electron chi connectivity index (χ4n) is 3.67. The summed E-state index contributed by atoms with van der Waals surface area (Å²) < 4.78 is 20.3. The van der Waals surface area contributed by atoms with Gasteiger partial charge in [0, 0.05) is 17.1 Å². The number of benzene rings is 1. The molecule has 0 radical (unpaired) electrons. The van der Waals surface area contributed by atoms with Gasteiger partial charge in [0.2, 0.25) is 5.95 Å². The molecular weight excluding hydrogens is 386 g/mol. The molecule has 2 atom stereocenters. The Morgan fingerprint density at radius 1 is 1.30 bits per heavy atom. The summed E-state index contributed by atoms with van der Waals surface area (Å²) in [6.07, 6.45) is 1.38. The number of halogens is 1. The predicted molar refractivity (Wildman–Crippen MR) is 105 cm³/mol. The van der Waals surface area contributed by atoms with Gasteiger partial charge >= 0.3 is 0 Å². The molecule has 0 saturated carbocycles. The zero-order valence-electron chi connectivity index (χ0n) is 15.5. The van der Waals surface area contributed by atoms with E-state index in [1.807, 2.05) is 37.2 Å². The van der Waals surface area contributed by atoms with Crippen LogP contribution >= 0.6 is 11.6 Å². The van der Waals surface area contributed by atoms with Gasteiger partial charge in [-0.3, -0.25) is 0 Å². The molecule has 9 heteroatoms. The van der Waals surface area contributed by atoms with Crippen LogP contribution in [0.25, 0.3) is 11.4 Å². The molecule has 2 saturated heterocycles. The Kier molecular flexibility index (Phi) is 4.50. The molecule has 0 bridgehead atoms. The smallest absolute Gasteiger partial charge is 0.223 e. The number of ether oxygens (including phenoxy) is 1. The maximum Gasteiger partial charge on any atom is 0.223 e. The third kappa shape index (κ3) is 3.24. The lowest BCUT2D eigenvalue weighted by Crippen LogP contribution is -2.68. The Morgan fingerprint density at radius 3 is 2.63 bits per heavy atom. The standard InChI is InChI=1S/C18H22ClN5O2S/c1-17(2,3)27(25)24-7-18(8-26-9-18)14(24)11-4-12(6-13(19)5-11)15-21-10-22-16(20)23-15/h4-6,10,14H,7-9H2,1-3H3,(H2,20,21,22,23). The Bertz CT molecular complexity index is 913. The van der Waals surface area contributed by atoms with Gasteiger partial charge in [0.25, 0.3) is 0 Å². The molecule has 2 aromatic rings. The van der Waals surface area contributed by atoms with Crippen LogP contribution in [0.5, 0.6) is 0 Å². The van der Waals surface area contributed by atoms with Crippen molar-refractivity contribution in [2.45, 2.75) is 31.6 Å². The highest BCUT2D eigenvalue weighted by atomic mass is 35.5. The molecule has 1 aromatic heterocycles. The summed E-state index contributed by atoms with van der Waals surface area (Å²) >= 11 is 6.41. The Morgan fingerprint density at radius 2 is 2.04 bits per heavy atom. The number of aromatic nitrogens is 3. The zero-order chi connectivity index (χ0) is 19.4. The van der Waals surface area contributed by atoms with Gasteiger partial charge in [-0.05, 0) is 44.5 Å². The number of rotatable bonds is 3. The van der Waals surface area contributed by atoms with Crippen LogP contribution in [0.2, 0.25) is 5.02 Å². The van der Waals surface area contributed by atoms with E-state index >= 15 is 0 Å². The lowest BCUT2D eigenvalue weighted by Gasteiger charge is -2.61. The highest BCUT2D eigenvalue weighted by Crippen LogP contribution is 2.55. The Labute approximate surface area is 165 Å². The normalized spacial score (nSPS) is 22.9. The van der Waals surface area contributed by atoms with Gasteiger partial charge in [-0.2, -0.15) is 4.98 Å². The van der Waals surface area contributed by atoms with Crippen LogP contribution in [0.1, 0.15) is 32.4 Å². The van der Waals surface area contributed by atoms with Gasteiger partial charge in [-0.1, -0.05) is 11.6 Å². The molecule has 2 fully saturated rings. The second-order valence-corrected chi connectivity index (χ2v) is 10.8. The molecule has 1 aromatic carbocycles. The first-order chi connectivity index (χ1) is 12.7. The van der Waals surface area contributed by atoms with Crippen molar-refractivity contribution in [3.63, 3.8) is 0 Å². The average Bonchev–Trinajstić information content (AvgIpc) is 2.51.